The maximum absolute atomic E-state index is 12.4. The number of carboxylic acid groups (broad SMARTS) is 1. The van der Waals surface area contributed by atoms with Gasteiger partial charge in [0, 0.05) is 35.4 Å². The molecule has 0 radical (unpaired) electrons. The van der Waals surface area contributed by atoms with E-state index >= 15 is 0 Å². The normalized spacial score (nSPS) is 13.2. The molecule has 0 fully saturated rings. The summed E-state index contributed by atoms with van der Waals surface area (Å²) in [6.07, 6.45) is 1.46. The molecule has 7 heteroatoms. The van der Waals surface area contributed by atoms with E-state index < -0.39 is 5.97 Å². The first-order valence-corrected chi connectivity index (χ1v) is 8.91. The zero-order valence-corrected chi connectivity index (χ0v) is 16.1. The summed E-state index contributed by atoms with van der Waals surface area (Å²) < 4.78 is 0. The molecule has 0 aromatic carbocycles. The molecule has 0 saturated carbocycles. The monoisotopic (exact) mass is 366 g/mol. The van der Waals surface area contributed by atoms with Crippen LogP contribution in [0.4, 0.5) is 0 Å². The van der Waals surface area contributed by atoms with Crippen molar-refractivity contribution in [1.29, 1.82) is 0 Å². The van der Waals surface area contributed by atoms with Crippen LogP contribution in [0.15, 0.2) is 29.2 Å². The molecule has 0 aliphatic heterocycles. The zero-order valence-electron chi connectivity index (χ0n) is 15.3. The second-order valence-corrected chi connectivity index (χ2v) is 7.55. The summed E-state index contributed by atoms with van der Waals surface area (Å²) in [5.41, 5.74) is -0.149. The Labute approximate surface area is 152 Å². The average Bonchev–Trinajstić information content (AvgIpc) is 3.11. The van der Waals surface area contributed by atoms with Crippen molar-refractivity contribution in [2.24, 2.45) is 5.92 Å². The SMILES string of the molecule is C/C(=C\CN(C)C(=O)CNC(=O)C(C)C(C)(C)c1cccs1)C(=O)O. The lowest BCUT2D eigenvalue weighted by Gasteiger charge is -2.30. The Morgan fingerprint density at radius 2 is 2.04 bits per heavy atom. The minimum absolute atomic E-state index is 0.111. The number of carboxylic acids is 1. The van der Waals surface area contributed by atoms with Crippen molar-refractivity contribution in [3.63, 3.8) is 0 Å². The van der Waals surface area contributed by atoms with Crippen LogP contribution in [-0.4, -0.2) is 47.9 Å². The molecule has 2 amide bonds. The first-order chi connectivity index (χ1) is 11.6. The molecule has 0 bridgehead atoms. The molecule has 6 nitrogen and oxygen atoms in total. The van der Waals surface area contributed by atoms with E-state index in [2.05, 4.69) is 5.32 Å². The smallest absolute Gasteiger partial charge is 0.331 e. The van der Waals surface area contributed by atoms with Crippen LogP contribution in [-0.2, 0) is 19.8 Å². The van der Waals surface area contributed by atoms with Crippen LogP contribution < -0.4 is 5.32 Å². The number of amides is 2. The molecule has 25 heavy (non-hydrogen) atoms. The van der Waals surface area contributed by atoms with Crippen molar-refractivity contribution in [2.75, 3.05) is 20.1 Å². The van der Waals surface area contributed by atoms with Crippen LogP contribution in [0.1, 0.15) is 32.6 Å². The number of nitrogens with one attached hydrogen (secondary N) is 1. The number of likely N-dealkylation sites (N-methyl/N-ethyl adjacent to an activating group) is 1. The summed E-state index contributed by atoms with van der Waals surface area (Å²) in [4.78, 5) is 37.7. The maximum Gasteiger partial charge on any atom is 0.331 e. The second-order valence-electron chi connectivity index (χ2n) is 6.61. The van der Waals surface area contributed by atoms with Gasteiger partial charge in [0.2, 0.25) is 11.8 Å². The predicted molar refractivity (Wildman–Crippen MR) is 98.5 cm³/mol. The number of carbonyl (C=O) groups is 3. The Balaban J connectivity index is 2.56. The van der Waals surface area contributed by atoms with Gasteiger partial charge in [-0.2, -0.15) is 0 Å². The number of hydrogen-bond donors (Lipinski definition) is 2. The number of aliphatic carboxylic acids is 1. The summed E-state index contributed by atoms with van der Waals surface area (Å²) in [5.74, 6) is -1.77. The van der Waals surface area contributed by atoms with Crippen LogP contribution in [0.3, 0.4) is 0 Å². The van der Waals surface area contributed by atoms with Crippen molar-refractivity contribution in [3.8, 4) is 0 Å². The quantitative estimate of drug-likeness (QED) is 0.691. The lowest BCUT2D eigenvalue weighted by atomic mass is 9.78. The molecular weight excluding hydrogens is 340 g/mol. The highest BCUT2D eigenvalue weighted by Gasteiger charge is 2.34. The molecule has 0 saturated heterocycles. The summed E-state index contributed by atoms with van der Waals surface area (Å²) in [6, 6.07) is 3.96. The van der Waals surface area contributed by atoms with E-state index in [1.165, 1.54) is 17.9 Å². The average molecular weight is 366 g/mol. The van der Waals surface area contributed by atoms with Gasteiger partial charge in [0.25, 0.3) is 0 Å². The van der Waals surface area contributed by atoms with Gasteiger partial charge < -0.3 is 15.3 Å². The fraction of sp³-hybridized carbons (Fsp3) is 0.500. The third kappa shape index (κ3) is 5.70. The summed E-state index contributed by atoms with van der Waals surface area (Å²) >= 11 is 1.61. The third-order valence-corrected chi connectivity index (χ3v) is 5.69. The number of carbonyl (C=O) groups excluding carboxylic acids is 2. The molecule has 0 aliphatic rings. The molecule has 2 N–H and O–H groups in total. The standard InChI is InChI=1S/C18H26N2O4S/c1-12(17(23)24)8-9-20(5)15(21)11-19-16(22)13(2)18(3,4)14-7-6-10-25-14/h6-8,10,13H,9,11H2,1-5H3,(H,19,22)(H,23,24)/b12-8+. The first-order valence-electron chi connectivity index (χ1n) is 8.03. The van der Waals surface area contributed by atoms with Gasteiger partial charge in [0.15, 0.2) is 0 Å². The van der Waals surface area contributed by atoms with Gasteiger partial charge in [0.05, 0.1) is 6.54 Å². The van der Waals surface area contributed by atoms with Gasteiger partial charge in [0.1, 0.15) is 0 Å². The van der Waals surface area contributed by atoms with E-state index in [4.69, 9.17) is 5.11 Å². The topological polar surface area (TPSA) is 86.7 Å². The van der Waals surface area contributed by atoms with E-state index in [0.29, 0.717) is 0 Å². The van der Waals surface area contributed by atoms with Crippen molar-refractivity contribution < 1.29 is 19.5 Å². The van der Waals surface area contributed by atoms with Crippen molar-refractivity contribution >= 4 is 29.1 Å². The Bertz CT molecular complexity index is 650. The van der Waals surface area contributed by atoms with Crippen LogP contribution in [0, 0.1) is 5.92 Å². The predicted octanol–water partition coefficient (Wildman–Crippen LogP) is 2.27. The van der Waals surface area contributed by atoms with Gasteiger partial charge in [-0.3, -0.25) is 9.59 Å². The minimum Gasteiger partial charge on any atom is -0.478 e. The molecule has 1 aromatic rings. The summed E-state index contributed by atoms with van der Waals surface area (Å²) in [5, 5.41) is 13.5. The Morgan fingerprint density at radius 3 is 2.56 bits per heavy atom. The minimum atomic E-state index is -1.02. The van der Waals surface area contributed by atoms with Gasteiger partial charge >= 0.3 is 5.97 Å². The van der Waals surface area contributed by atoms with E-state index in [1.54, 1.807) is 18.4 Å². The molecule has 1 aromatic heterocycles. The highest BCUT2D eigenvalue weighted by Crippen LogP contribution is 2.34. The number of rotatable bonds is 8. The molecule has 0 spiro atoms. The molecule has 1 rings (SSSR count). The lowest BCUT2D eigenvalue weighted by Crippen LogP contribution is -2.44. The van der Waals surface area contributed by atoms with E-state index in [1.807, 2.05) is 38.3 Å². The van der Waals surface area contributed by atoms with Crippen LogP contribution in [0.5, 0.6) is 0 Å². The Morgan fingerprint density at radius 1 is 1.40 bits per heavy atom. The Kier molecular flexibility index (Phi) is 7.36. The number of nitrogens with zero attached hydrogens (tertiary/aromatic N) is 1. The molecule has 1 atom stereocenters. The van der Waals surface area contributed by atoms with Crippen molar-refractivity contribution in [1.82, 2.24) is 10.2 Å². The van der Waals surface area contributed by atoms with E-state index in [-0.39, 0.29) is 41.8 Å². The van der Waals surface area contributed by atoms with Gasteiger partial charge in [-0.25, -0.2) is 4.79 Å². The fourth-order valence-electron chi connectivity index (χ4n) is 2.10. The molecule has 0 aliphatic carbocycles. The van der Waals surface area contributed by atoms with Crippen LogP contribution in [0.2, 0.25) is 0 Å². The largest absolute Gasteiger partial charge is 0.478 e. The summed E-state index contributed by atoms with van der Waals surface area (Å²) in [6.45, 7) is 7.41. The van der Waals surface area contributed by atoms with Gasteiger partial charge in [-0.1, -0.05) is 32.9 Å². The number of thiophene rings is 1. The van der Waals surface area contributed by atoms with Crippen molar-refractivity contribution in [3.05, 3.63) is 34.0 Å². The fourth-order valence-corrected chi connectivity index (χ4v) is 3.04. The van der Waals surface area contributed by atoms with Crippen LogP contribution >= 0.6 is 11.3 Å². The molecule has 138 valence electrons. The Hall–Kier alpha value is -2.15. The molecule has 1 unspecified atom stereocenters. The van der Waals surface area contributed by atoms with Crippen LogP contribution in [0.25, 0.3) is 0 Å². The zero-order chi connectivity index (χ0) is 19.2. The first kappa shape index (κ1) is 20.9. The van der Waals surface area contributed by atoms with Crippen molar-refractivity contribution in [2.45, 2.75) is 33.1 Å². The lowest BCUT2D eigenvalue weighted by molar-refractivity contribution is -0.133. The molecular formula is C18H26N2O4S. The highest BCUT2D eigenvalue weighted by molar-refractivity contribution is 7.10. The summed E-state index contributed by atoms with van der Waals surface area (Å²) in [7, 11) is 1.57. The van der Waals surface area contributed by atoms with E-state index in [0.717, 1.165) is 4.88 Å². The maximum atomic E-state index is 12.4. The molecule has 1 heterocycles. The second kappa shape index (κ2) is 8.80. The van der Waals surface area contributed by atoms with Gasteiger partial charge in [-0.05, 0) is 18.4 Å². The third-order valence-electron chi connectivity index (χ3n) is 4.48. The van der Waals surface area contributed by atoms with Gasteiger partial charge in [-0.15, -0.1) is 11.3 Å². The van der Waals surface area contributed by atoms with E-state index in [9.17, 15) is 14.4 Å². The number of hydrogen-bond acceptors (Lipinski definition) is 4. The highest BCUT2D eigenvalue weighted by atomic mass is 32.1.